The second-order valence-corrected chi connectivity index (χ2v) is 14.8. The van der Waals surface area contributed by atoms with Crippen molar-refractivity contribution in [3.05, 3.63) is 76.2 Å². The van der Waals surface area contributed by atoms with Crippen molar-refractivity contribution in [1.82, 2.24) is 19.5 Å². The standard InChI is InChI=1S/C32H45N5O6S2/c1-20(2)29(36(32(40)41)17-25-19-44-31(34-25)21(3)4)30(39)35-27(16-23-10-8-7-9-11-23)28(38)18-37(22(5)6)45(42,43)26-14-12-24(33)13-15-26/h7-15,19-22,27-29,38H,16-18,33H2,1-6H3,(H,35,39)(H,40,41)/t27-,28+,29-/m0/s1. The molecule has 246 valence electrons. The predicted molar refractivity (Wildman–Crippen MR) is 176 cm³/mol. The molecule has 0 unspecified atom stereocenters. The molecule has 0 spiro atoms. The molecule has 11 nitrogen and oxygen atoms in total. The SMILES string of the molecule is CC(C)c1nc(CN(C(=O)O)[C@H](C(=O)N[C@@H](Cc2ccccc2)[C@H](O)CN(C(C)C)S(=O)(=O)c2ccc(N)cc2)C(C)C)cs1. The largest absolute Gasteiger partial charge is 0.465 e. The van der Waals surface area contributed by atoms with Gasteiger partial charge in [-0.15, -0.1) is 11.3 Å². The lowest BCUT2D eigenvalue weighted by molar-refractivity contribution is -0.129. The molecule has 3 rings (SSSR count). The van der Waals surface area contributed by atoms with Crippen LogP contribution in [0.4, 0.5) is 10.5 Å². The van der Waals surface area contributed by atoms with E-state index in [9.17, 15) is 28.2 Å². The molecule has 0 aliphatic rings. The fourth-order valence-electron chi connectivity index (χ4n) is 5.02. The Morgan fingerprint density at radius 2 is 1.62 bits per heavy atom. The quantitative estimate of drug-likeness (QED) is 0.173. The van der Waals surface area contributed by atoms with Gasteiger partial charge in [0.25, 0.3) is 0 Å². The number of carbonyl (C=O) groups excluding carboxylic acids is 1. The van der Waals surface area contributed by atoms with Crippen LogP contribution in [-0.2, 0) is 27.8 Å². The number of nitrogens with two attached hydrogens (primary N) is 1. The summed E-state index contributed by atoms with van der Waals surface area (Å²) >= 11 is 1.44. The summed E-state index contributed by atoms with van der Waals surface area (Å²) in [6.45, 7) is 10.5. The lowest BCUT2D eigenvalue weighted by atomic mass is 9.97. The molecule has 0 bridgehead atoms. The van der Waals surface area contributed by atoms with Crippen molar-refractivity contribution in [2.75, 3.05) is 12.3 Å². The van der Waals surface area contributed by atoms with Crippen LogP contribution in [0.1, 0.15) is 63.7 Å². The first-order chi connectivity index (χ1) is 21.1. The average molecular weight is 660 g/mol. The van der Waals surface area contributed by atoms with Gasteiger partial charge in [0.05, 0.1) is 34.3 Å². The van der Waals surface area contributed by atoms with Crippen molar-refractivity contribution >= 4 is 39.0 Å². The number of carboxylic acid groups (broad SMARTS) is 1. The van der Waals surface area contributed by atoms with E-state index in [1.54, 1.807) is 33.1 Å². The third-order valence-electron chi connectivity index (χ3n) is 7.40. The molecular weight excluding hydrogens is 615 g/mol. The molecule has 5 N–H and O–H groups in total. The Bertz CT molecular complexity index is 1510. The van der Waals surface area contributed by atoms with Crippen LogP contribution in [-0.4, -0.2) is 75.6 Å². The molecule has 13 heteroatoms. The summed E-state index contributed by atoms with van der Waals surface area (Å²) in [6, 6.07) is 12.4. The highest BCUT2D eigenvalue weighted by Crippen LogP contribution is 2.24. The molecule has 3 aromatic rings. The molecule has 2 amide bonds. The highest BCUT2D eigenvalue weighted by atomic mass is 32.2. The Hall–Kier alpha value is -3.52. The average Bonchev–Trinajstić information content (AvgIpc) is 3.44. The van der Waals surface area contributed by atoms with Crippen LogP contribution in [0.2, 0.25) is 0 Å². The van der Waals surface area contributed by atoms with E-state index in [0.29, 0.717) is 11.4 Å². The number of hydrogen-bond acceptors (Lipinski definition) is 8. The first-order valence-electron chi connectivity index (χ1n) is 14.9. The first-order valence-corrected chi connectivity index (χ1v) is 17.3. The van der Waals surface area contributed by atoms with Gasteiger partial charge in [-0.25, -0.2) is 18.2 Å². The van der Waals surface area contributed by atoms with Gasteiger partial charge >= 0.3 is 6.09 Å². The van der Waals surface area contributed by atoms with Gasteiger partial charge in [-0.05, 0) is 56.0 Å². The third kappa shape index (κ3) is 9.49. The van der Waals surface area contributed by atoms with Crippen LogP contribution in [0.3, 0.4) is 0 Å². The minimum absolute atomic E-state index is 0.0286. The molecule has 1 aromatic heterocycles. The lowest BCUT2D eigenvalue weighted by Crippen LogP contribution is -2.57. The van der Waals surface area contributed by atoms with E-state index in [-0.39, 0.29) is 30.3 Å². The molecule has 0 aliphatic heterocycles. The van der Waals surface area contributed by atoms with E-state index in [0.717, 1.165) is 15.5 Å². The monoisotopic (exact) mass is 659 g/mol. The summed E-state index contributed by atoms with van der Waals surface area (Å²) in [4.78, 5) is 32.1. The molecule has 0 fully saturated rings. The second-order valence-electron chi connectivity index (χ2n) is 12.0. The molecule has 0 saturated heterocycles. The number of thiazole rings is 1. The maximum Gasteiger partial charge on any atom is 0.408 e. The van der Waals surface area contributed by atoms with E-state index in [2.05, 4.69) is 10.3 Å². The normalized spacial score (nSPS) is 14.1. The number of carbonyl (C=O) groups is 2. The number of aliphatic hydroxyl groups excluding tert-OH is 1. The number of benzene rings is 2. The van der Waals surface area contributed by atoms with E-state index >= 15 is 0 Å². The highest BCUT2D eigenvalue weighted by Gasteiger charge is 2.37. The summed E-state index contributed by atoms with van der Waals surface area (Å²) in [6.07, 6.45) is -2.43. The number of nitrogen functional groups attached to an aromatic ring is 1. The van der Waals surface area contributed by atoms with Gasteiger partial charge < -0.3 is 21.3 Å². The lowest BCUT2D eigenvalue weighted by Gasteiger charge is -2.35. The second kappa shape index (κ2) is 15.7. The summed E-state index contributed by atoms with van der Waals surface area (Å²) in [5.74, 6) is -0.832. The summed E-state index contributed by atoms with van der Waals surface area (Å²) < 4.78 is 28.4. The smallest absolute Gasteiger partial charge is 0.408 e. The fourth-order valence-corrected chi connectivity index (χ4v) is 7.50. The zero-order chi connectivity index (χ0) is 33.5. The fraction of sp³-hybridized carbons (Fsp3) is 0.469. The Morgan fingerprint density at radius 3 is 2.13 bits per heavy atom. The number of aliphatic hydroxyl groups is 1. The predicted octanol–water partition coefficient (Wildman–Crippen LogP) is 4.54. The van der Waals surface area contributed by atoms with Crippen LogP contribution in [0.25, 0.3) is 0 Å². The summed E-state index contributed by atoms with van der Waals surface area (Å²) in [5.41, 5.74) is 7.53. The topological polar surface area (TPSA) is 166 Å². The van der Waals surface area contributed by atoms with Gasteiger partial charge in [0, 0.05) is 29.6 Å². The number of rotatable bonds is 15. The number of amides is 2. The number of anilines is 1. The molecule has 0 saturated carbocycles. The van der Waals surface area contributed by atoms with E-state index in [4.69, 9.17) is 5.73 Å². The molecule has 45 heavy (non-hydrogen) atoms. The van der Waals surface area contributed by atoms with E-state index in [1.807, 2.05) is 44.2 Å². The van der Waals surface area contributed by atoms with E-state index < -0.39 is 52.2 Å². The molecular formula is C32H45N5O6S2. The number of aromatic nitrogens is 1. The van der Waals surface area contributed by atoms with E-state index in [1.165, 1.54) is 39.9 Å². The van der Waals surface area contributed by atoms with Crippen LogP contribution in [0, 0.1) is 5.92 Å². The zero-order valence-electron chi connectivity index (χ0n) is 26.6. The third-order valence-corrected chi connectivity index (χ3v) is 10.6. The number of nitrogens with zero attached hydrogens (tertiary/aromatic N) is 3. The van der Waals surface area contributed by atoms with Gasteiger partial charge in [0.2, 0.25) is 15.9 Å². The number of hydrogen-bond donors (Lipinski definition) is 4. The number of nitrogens with one attached hydrogen (secondary N) is 1. The molecule has 2 aromatic carbocycles. The van der Waals surface area contributed by atoms with Crippen molar-refractivity contribution in [2.45, 2.75) is 89.6 Å². The van der Waals surface area contributed by atoms with Crippen molar-refractivity contribution in [2.24, 2.45) is 5.92 Å². The molecule has 3 atom stereocenters. The minimum Gasteiger partial charge on any atom is -0.465 e. The molecule has 0 radical (unpaired) electrons. The molecule has 1 heterocycles. The van der Waals surface area contributed by atoms with Crippen molar-refractivity contribution in [1.29, 1.82) is 0 Å². The Labute approximate surface area is 270 Å². The van der Waals surface area contributed by atoms with Crippen molar-refractivity contribution in [3.63, 3.8) is 0 Å². The minimum atomic E-state index is -4.03. The van der Waals surface area contributed by atoms with Gasteiger partial charge in [0.1, 0.15) is 6.04 Å². The zero-order valence-corrected chi connectivity index (χ0v) is 28.3. The highest BCUT2D eigenvalue weighted by molar-refractivity contribution is 7.89. The number of sulfonamides is 1. The van der Waals surface area contributed by atoms with Crippen molar-refractivity contribution in [3.8, 4) is 0 Å². The van der Waals surface area contributed by atoms with Crippen LogP contribution in [0.15, 0.2) is 64.9 Å². The Kier molecular flexibility index (Phi) is 12.5. The summed E-state index contributed by atoms with van der Waals surface area (Å²) in [5, 5.41) is 27.3. The van der Waals surface area contributed by atoms with Crippen molar-refractivity contribution < 1.29 is 28.2 Å². The van der Waals surface area contributed by atoms with Gasteiger partial charge in [0.15, 0.2) is 0 Å². The van der Waals surface area contributed by atoms with Gasteiger partial charge in [-0.3, -0.25) is 9.69 Å². The van der Waals surface area contributed by atoms with Crippen LogP contribution >= 0.6 is 11.3 Å². The van der Waals surface area contributed by atoms with Crippen LogP contribution < -0.4 is 11.1 Å². The van der Waals surface area contributed by atoms with Crippen LogP contribution in [0.5, 0.6) is 0 Å². The summed E-state index contributed by atoms with van der Waals surface area (Å²) in [7, 11) is -4.03. The van der Waals surface area contributed by atoms with Gasteiger partial charge in [-0.2, -0.15) is 4.31 Å². The molecule has 0 aliphatic carbocycles. The first kappa shape index (κ1) is 36.0. The van der Waals surface area contributed by atoms with Gasteiger partial charge in [-0.1, -0.05) is 58.0 Å². The Morgan fingerprint density at radius 1 is 1.00 bits per heavy atom. The maximum absolute atomic E-state index is 13.9. The maximum atomic E-state index is 13.9. The Balaban J connectivity index is 1.92.